The van der Waals surface area contributed by atoms with E-state index in [-0.39, 0.29) is 0 Å². The molecule has 7 aromatic rings. The molecule has 0 heterocycles. The number of ether oxygens (including phenoxy) is 4. The van der Waals surface area contributed by atoms with Gasteiger partial charge in [0.1, 0.15) is 23.0 Å². The molecular weight excluding hydrogens is 552 g/mol. The number of hydrogen-bond donors (Lipinski definition) is 0. The van der Waals surface area contributed by atoms with Gasteiger partial charge < -0.3 is 18.9 Å². The van der Waals surface area contributed by atoms with Gasteiger partial charge >= 0.3 is 12.3 Å². The van der Waals surface area contributed by atoms with Crippen LogP contribution in [0.5, 0.6) is 23.0 Å². The van der Waals surface area contributed by atoms with Crippen molar-refractivity contribution in [1.29, 1.82) is 0 Å². The lowest BCUT2D eigenvalue weighted by atomic mass is 9.96. The zero-order chi connectivity index (χ0) is 30.2. The Kier molecular flexibility index (Phi) is 6.79. The Labute approximate surface area is 253 Å². The molecule has 44 heavy (non-hydrogen) atoms. The summed E-state index contributed by atoms with van der Waals surface area (Å²) in [4.78, 5) is 26.6. The fraction of sp³-hybridized carbons (Fsp3) is 0.0526. The fourth-order valence-electron chi connectivity index (χ4n) is 5.54. The Morgan fingerprint density at radius 1 is 0.409 bits per heavy atom. The average Bonchev–Trinajstić information content (AvgIpc) is 3.04. The van der Waals surface area contributed by atoms with Crippen LogP contribution >= 0.6 is 0 Å². The maximum absolute atomic E-state index is 13.3. The highest BCUT2D eigenvalue weighted by Crippen LogP contribution is 2.44. The fourth-order valence-corrected chi connectivity index (χ4v) is 5.54. The molecule has 6 heteroatoms. The second kappa shape index (κ2) is 11.1. The number of fused-ring (bicyclic) bond motifs is 4. The van der Waals surface area contributed by atoms with Gasteiger partial charge in [-0.15, -0.1) is 0 Å². The molecule has 0 spiro atoms. The lowest BCUT2D eigenvalue weighted by molar-refractivity contribution is 0.151. The first-order chi connectivity index (χ1) is 21.5. The molecule has 0 radical (unpaired) electrons. The first-order valence-electron chi connectivity index (χ1n) is 14.2. The van der Waals surface area contributed by atoms with E-state index in [0.717, 1.165) is 32.7 Å². The third-order valence-corrected chi connectivity index (χ3v) is 7.80. The van der Waals surface area contributed by atoms with Gasteiger partial charge in [0.05, 0.1) is 0 Å². The van der Waals surface area contributed by atoms with Gasteiger partial charge in [-0.1, -0.05) is 97.1 Å². The maximum atomic E-state index is 13.3. The largest absolute Gasteiger partial charge is 0.519 e. The Bertz CT molecular complexity index is 2080. The molecule has 0 bridgehead atoms. The van der Waals surface area contributed by atoms with Crippen molar-refractivity contribution in [1.82, 2.24) is 0 Å². The summed E-state index contributed by atoms with van der Waals surface area (Å²) in [7, 11) is 0. The van der Waals surface area contributed by atoms with Crippen molar-refractivity contribution in [2.24, 2.45) is 0 Å². The van der Waals surface area contributed by atoms with Gasteiger partial charge in [-0.2, -0.15) is 0 Å². The molecule has 0 N–H and O–H groups in total. The molecule has 0 amide bonds. The van der Waals surface area contributed by atoms with Crippen LogP contribution in [0.25, 0.3) is 43.1 Å². The minimum Gasteiger partial charge on any atom is -0.394 e. The predicted molar refractivity (Wildman–Crippen MR) is 172 cm³/mol. The van der Waals surface area contributed by atoms with Crippen LogP contribution in [0.15, 0.2) is 121 Å². The molecule has 6 nitrogen and oxygen atoms in total. The minimum atomic E-state index is -0.880. The summed E-state index contributed by atoms with van der Waals surface area (Å²) >= 11 is 0. The van der Waals surface area contributed by atoms with Crippen LogP contribution in [0.1, 0.15) is 11.1 Å². The van der Waals surface area contributed by atoms with Crippen LogP contribution in [-0.4, -0.2) is 12.3 Å². The molecule has 0 aromatic heterocycles. The second-order valence-electron chi connectivity index (χ2n) is 10.5. The topological polar surface area (TPSA) is 71.1 Å². The standard InChI is InChI=1S/C38H26O6/c1-23-21-31-32(22-24(23)2)36(44-38(40)42-34-20-10-14-26-12-4-6-16-28(26)34)30-18-8-7-17-29(30)35(31)43-37(39)41-33-19-9-13-25-11-3-5-15-27(25)33/h3-22H,1-2H3. The average molecular weight is 579 g/mol. The number of hydrogen-bond acceptors (Lipinski definition) is 6. The van der Waals surface area contributed by atoms with E-state index < -0.39 is 12.3 Å². The van der Waals surface area contributed by atoms with E-state index in [9.17, 15) is 9.59 Å². The molecule has 0 saturated heterocycles. The Balaban J connectivity index is 1.29. The molecule has 7 rings (SSSR count). The van der Waals surface area contributed by atoms with Crippen LogP contribution in [0.3, 0.4) is 0 Å². The van der Waals surface area contributed by atoms with E-state index >= 15 is 0 Å². The molecule has 7 aromatic carbocycles. The molecule has 0 unspecified atom stereocenters. The number of rotatable bonds is 4. The van der Waals surface area contributed by atoms with Crippen LogP contribution in [0, 0.1) is 13.8 Å². The molecule has 0 fully saturated rings. The summed E-state index contributed by atoms with van der Waals surface area (Å²) in [5, 5.41) is 5.80. The smallest absolute Gasteiger partial charge is 0.394 e. The van der Waals surface area contributed by atoms with Crippen molar-refractivity contribution in [2.45, 2.75) is 13.8 Å². The molecule has 0 aliphatic heterocycles. The first kappa shape index (κ1) is 27.0. The molecule has 0 atom stereocenters. The van der Waals surface area contributed by atoms with Crippen molar-refractivity contribution in [3.63, 3.8) is 0 Å². The van der Waals surface area contributed by atoms with E-state index in [2.05, 4.69) is 0 Å². The third-order valence-electron chi connectivity index (χ3n) is 7.80. The first-order valence-corrected chi connectivity index (χ1v) is 14.2. The van der Waals surface area contributed by atoms with Gasteiger partial charge in [0.15, 0.2) is 0 Å². The maximum Gasteiger partial charge on any atom is 0.519 e. The van der Waals surface area contributed by atoms with Gasteiger partial charge in [0, 0.05) is 32.3 Å². The highest BCUT2D eigenvalue weighted by atomic mass is 16.7. The van der Waals surface area contributed by atoms with Crippen molar-refractivity contribution < 1.29 is 28.5 Å². The summed E-state index contributed by atoms with van der Waals surface area (Å²) in [6, 6.07) is 37.4. The zero-order valence-electron chi connectivity index (χ0n) is 24.0. The zero-order valence-corrected chi connectivity index (χ0v) is 24.0. The van der Waals surface area contributed by atoms with Crippen molar-refractivity contribution in [3.05, 3.63) is 132 Å². The van der Waals surface area contributed by atoms with Crippen LogP contribution in [0.4, 0.5) is 9.59 Å². The normalized spacial score (nSPS) is 11.1. The summed E-state index contributed by atoms with van der Waals surface area (Å²) in [5.74, 6) is 1.40. The van der Waals surface area contributed by atoms with E-state index in [1.165, 1.54) is 0 Å². The molecule has 0 saturated carbocycles. The van der Waals surface area contributed by atoms with Crippen molar-refractivity contribution in [3.8, 4) is 23.0 Å². The molecule has 214 valence electrons. The summed E-state index contributed by atoms with van der Waals surface area (Å²) in [5.41, 5.74) is 1.95. The van der Waals surface area contributed by atoms with Gasteiger partial charge in [-0.25, -0.2) is 9.59 Å². The quantitative estimate of drug-likeness (QED) is 0.118. The number of carbonyl (C=O) groups is 2. The van der Waals surface area contributed by atoms with Crippen LogP contribution in [0.2, 0.25) is 0 Å². The van der Waals surface area contributed by atoms with Crippen molar-refractivity contribution in [2.75, 3.05) is 0 Å². The molecule has 0 aliphatic rings. The van der Waals surface area contributed by atoms with E-state index in [1.54, 1.807) is 12.1 Å². The third kappa shape index (κ3) is 4.92. The number of benzene rings is 7. The summed E-state index contributed by atoms with van der Waals surface area (Å²) in [6.45, 7) is 3.94. The van der Waals surface area contributed by atoms with Gasteiger partial charge in [-0.05, 0) is 60.0 Å². The van der Waals surface area contributed by atoms with Gasteiger partial charge in [0.2, 0.25) is 0 Å². The minimum absolute atomic E-state index is 0.304. The summed E-state index contributed by atoms with van der Waals surface area (Å²) < 4.78 is 23.3. The second-order valence-corrected chi connectivity index (χ2v) is 10.5. The highest BCUT2D eigenvalue weighted by molar-refractivity contribution is 6.13. The van der Waals surface area contributed by atoms with Gasteiger partial charge in [0.25, 0.3) is 0 Å². The Morgan fingerprint density at radius 2 is 0.773 bits per heavy atom. The SMILES string of the molecule is Cc1cc2c(OC(=O)Oc3cccc4ccccc34)c3ccccc3c(OC(=O)Oc3cccc4ccccc34)c2cc1C. The van der Waals surface area contributed by atoms with E-state index in [0.29, 0.717) is 44.5 Å². The van der Waals surface area contributed by atoms with Crippen molar-refractivity contribution >= 4 is 55.4 Å². The van der Waals surface area contributed by atoms with Crippen LogP contribution in [-0.2, 0) is 0 Å². The van der Waals surface area contributed by atoms with Crippen LogP contribution < -0.4 is 18.9 Å². The Morgan fingerprint density at radius 3 is 1.20 bits per heavy atom. The Hall–Kier alpha value is -5.88. The summed E-state index contributed by atoms with van der Waals surface area (Å²) in [6.07, 6.45) is -1.76. The molecular formula is C38H26O6. The van der Waals surface area contributed by atoms with E-state index in [4.69, 9.17) is 18.9 Å². The predicted octanol–water partition coefficient (Wildman–Crippen LogP) is 10.1. The molecule has 0 aliphatic carbocycles. The highest BCUT2D eigenvalue weighted by Gasteiger charge is 2.23. The lowest BCUT2D eigenvalue weighted by Gasteiger charge is -2.18. The number of carbonyl (C=O) groups excluding carboxylic acids is 2. The van der Waals surface area contributed by atoms with E-state index in [1.807, 2.05) is 123 Å². The monoisotopic (exact) mass is 578 g/mol. The lowest BCUT2D eigenvalue weighted by Crippen LogP contribution is -2.16. The van der Waals surface area contributed by atoms with Gasteiger partial charge in [-0.3, -0.25) is 0 Å². The number of aryl methyl sites for hydroxylation is 2.